The van der Waals surface area contributed by atoms with Crippen LogP contribution in [0.1, 0.15) is 51.9 Å². The molecule has 0 aromatic heterocycles. The van der Waals surface area contributed by atoms with Crippen LogP contribution >= 0.6 is 0 Å². The summed E-state index contributed by atoms with van der Waals surface area (Å²) in [6, 6.07) is 0. The SMILES string of the molecule is C/C=C\C1(O)CC[C@@H]2CCCC[C@H]2C1. The number of hydrogen-bond donors (Lipinski definition) is 1. The maximum Gasteiger partial charge on any atom is 0.0830 e. The van der Waals surface area contributed by atoms with Crippen LogP contribution in [0.25, 0.3) is 0 Å². The summed E-state index contributed by atoms with van der Waals surface area (Å²) < 4.78 is 0. The second-order valence-electron chi connectivity index (χ2n) is 5.15. The first-order chi connectivity index (χ1) is 6.73. The van der Waals surface area contributed by atoms with E-state index in [-0.39, 0.29) is 0 Å². The summed E-state index contributed by atoms with van der Waals surface area (Å²) in [5.41, 5.74) is -0.465. The zero-order chi connectivity index (χ0) is 10.0. The van der Waals surface area contributed by atoms with Crippen LogP contribution in [-0.2, 0) is 0 Å². The maximum absolute atomic E-state index is 10.3. The number of fused-ring (bicyclic) bond motifs is 1. The minimum absolute atomic E-state index is 0.465. The highest BCUT2D eigenvalue weighted by atomic mass is 16.3. The molecule has 0 aromatic carbocycles. The first kappa shape index (κ1) is 10.2. The maximum atomic E-state index is 10.3. The third-order valence-corrected chi connectivity index (χ3v) is 4.11. The van der Waals surface area contributed by atoms with Crippen LogP contribution in [0.15, 0.2) is 12.2 Å². The second kappa shape index (κ2) is 4.06. The molecule has 1 unspecified atom stereocenters. The van der Waals surface area contributed by atoms with Gasteiger partial charge >= 0.3 is 0 Å². The number of hydrogen-bond acceptors (Lipinski definition) is 1. The summed E-state index contributed by atoms with van der Waals surface area (Å²) in [5.74, 6) is 1.73. The summed E-state index contributed by atoms with van der Waals surface area (Å²) >= 11 is 0. The van der Waals surface area contributed by atoms with E-state index < -0.39 is 5.60 Å². The van der Waals surface area contributed by atoms with Crippen molar-refractivity contribution in [2.45, 2.75) is 57.5 Å². The molecule has 0 radical (unpaired) electrons. The molecule has 0 heterocycles. The molecule has 3 atom stereocenters. The Morgan fingerprint density at radius 3 is 2.57 bits per heavy atom. The molecule has 2 fully saturated rings. The van der Waals surface area contributed by atoms with Crippen molar-refractivity contribution in [2.75, 3.05) is 0 Å². The van der Waals surface area contributed by atoms with Crippen molar-refractivity contribution in [3.8, 4) is 0 Å². The van der Waals surface area contributed by atoms with Gasteiger partial charge in [0.15, 0.2) is 0 Å². The fourth-order valence-corrected chi connectivity index (χ4v) is 3.39. The normalized spacial score (nSPS) is 43.9. The molecule has 1 nitrogen and oxygen atoms in total. The van der Waals surface area contributed by atoms with Gasteiger partial charge in [-0.05, 0) is 38.0 Å². The summed E-state index contributed by atoms with van der Waals surface area (Å²) in [4.78, 5) is 0. The topological polar surface area (TPSA) is 20.2 Å². The highest BCUT2D eigenvalue weighted by Gasteiger charge is 2.38. The van der Waals surface area contributed by atoms with Gasteiger partial charge in [0, 0.05) is 0 Å². The lowest BCUT2D eigenvalue weighted by atomic mass is 9.66. The van der Waals surface area contributed by atoms with Crippen LogP contribution in [0.3, 0.4) is 0 Å². The first-order valence-electron chi connectivity index (χ1n) is 6.10. The average molecular weight is 194 g/mol. The van der Waals surface area contributed by atoms with E-state index >= 15 is 0 Å². The zero-order valence-corrected chi connectivity index (χ0v) is 9.21. The standard InChI is InChI=1S/C13H22O/c1-2-8-13(14)9-7-11-5-3-4-6-12(11)10-13/h2,8,11-12,14H,3-7,9-10H2,1H3/b8-2-/t11-,12-,13?/m0/s1. The van der Waals surface area contributed by atoms with Crippen LogP contribution in [0.4, 0.5) is 0 Å². The molecule has 2 aliphatic carbocycles. The van der Waals surface area contributed by atoms with Crippen molar-refractivity contribution in [3.63, 3.8) is 0 Å². The molecule has 1 N–H and O–H groups in total. The Labute approximate surface area is 87.2 Å². The third-order valence-electron chi connectivity index (χ3n) is 4.11. The van der Waals surface area contributed by atoms with Gasteiger partial charge in [-0.2, -0.15) is 0 Å². The van der Waals surface area contributed by atoms with Crippen molar-refractivity contribution >= 4 is 0 Å². The molecule has 0 aromatic rings. The lowest BCUT2D eigenvalue weighted by molar-refractivity contribution is -0.00839. The predicted octanol–water partition coefficient (Wildman–Crippen LogP) is 3.28. The fraction of sp³-hybridized carbons (Fsp3) is 0.846. The minimum Gasteiger partial charge on any atom is -0.386 e. The Kier molecular flexibility index (Phi) is 2.96. The molecule has 2 aliphatic rings. The molecule has 0 spiro atoms. The smallest absolute Gasteiger partial charge is 0.0830 e. The molecular weight excluding hydrogens is 172 g/mol. The van der Waals surface area contributed by atoms with Gasteiger partial charge < -0.3 is 5.11 Å². The lowest BCUT2D eigenvalue weighted by Crippen LogP contribution is -2.38. The zero-order valence-electron chi connectivity index (χ0n) is 9.21. The van der Waals surface area contributed by atoms with Crippen molar-refractivity contribution in [2.24, 2.45) is 11.8 Å². The molecule has 14 heavy (non-hydrogen) atoms. The van der Waals surface area contributed by atoms with E-state index in [1.54, 1.807) is 0 Å². The largest absolute Gasteiger partial charge is 0.386 e. The Morgan fingerprint density at radius 2 is 1.86 bits per heavy atom. The molecule has 0 amide bonds. The van der Waals surface area contributed by atoms with Crippen molar-refractivity contribution in [1.82, 2.24) is 0 Å². The quantitative estimate of drug-likeness (QED) is 0.635. The van der Waals surface area contributed by atoms with E-state index in [1.807, 2.05) is 19.1 Å². The molecule has 2 rings (SSSR count). The van der Waals surface area contributed by atoms with Crippen molar-refractivity contribution in [1.29, 1.82) is 0 Å². The summed E-state index contributed by atoms with van der Waals surface area (Å²) in [5, 5.41) is 10.3. The number of allylic oxidation sites excluding steroid dienone is 1. The van der Waals surface area contributed by atoms with E-state index in [9.17, 15) is 5.11 Å². The molecule has 2 saturated carbocycles. The second-order valence-corrected chi connectivity index (χ2v) is 5.15. The van der Waals surface area contributed by atoms with Gasteiger partial charge in [0.1, 0.15) is 0 Å². The van der Waals surface area contributed by atoms with Crippen molar-refractivity contribution < 1.29 is 5.11 Å². The highest BCUT2D eigenvalue weighted by molar-refractivity contribution is 5.04. The molecule has 0 aliphatic heterocycles. The van der Waals surface area contributed by atoms with E-state index in [0.29, 0.717) is 0 Å². The van der Waals surface area contributed by atoms with Gasteiger partial charge in [-0.1, -0.05) is 37.8 Å². The van der Waals surface area contributed by atoms with Gasteiger partial charge in [0.05, 0.1) is 5.60 Å². The lowest BCUT2D eigenvalue weighted by Gasteiger charge is -2.42. The first-order valence-corrected chi connectivity index (χ1v) is 6.10. The Morgan fingerprint density at radius 1 is 1.14 bits per heavy atom. The monoisotopic (exact) mass is 194 g/mol. The summed E-state index contributed by atoms with van der Waals surface area (Å²) in [6.45, 7) is 2.00. The Hall–Kier alpha value is -0.300. The summed E-state index contributed by atoms with van der Waals surface area (Å²) in [6.07, 6.45) is 12.8. The fourth-order valence-electron chi connectivity index (χ4n) is 3.39. The van der Waals surface area contributed by atoms with Gasteiger partial charge in [-0.3, -0.25) is 0 Å². The number of rotatable bonds is 1. The minimum atomic E-state index is -0.465. The van der Waals surface area contributed by atoms with Gasteiger partial charge in [-0.25, -0.2) is 0 Å². The Bertz CT molecular complexity index is 221. The predicted molar refractivity (Wildman–Crippen MR) is 59.1 cm³/mol. The van der Waals surface area contributed by atoms with Gasteiger partial charge in [0.25, 0.3) is 0 Å². The number of aliphatic hydroxyl groups is 1. The van der Waals surface area contributed by atoms with Crippen LogP contribution < -0.4 is 0 Å². The average Bonchev–Trinajstić information content (AvgIpc) is 2.17. The Balaban J connectivity index is 2.01. The van der Waals surface area contributed by atoms with E-state index in [2.05, 4.69) is 0 Å². The van der Waals surface area contributed by atoms with Crippen LogP contribution in [0.5, 0.6) is 0 Å². The van der Waals surface area contributed by atoms with E-state index in [1.165, 1.54) is 32.1 Å². The highest BCUT2D eigenvalue weighted by Crippen LogP contribution is 2.44. The van der Waals surface area contributed by atoms with Crippen LogP contribution in [0, 0.1) is 11.8 Å². The van der Waals surface area contributed by atoms with Gasteiger partial charge in [0.2, 0.25) is 0 Å². The molecule has 1 heteroatoms. The van der Waals surface area contributed by atoms with E-state index in [0.717, 1.165) is 24.7 Å². The van der Waals surface area contributed by atoms with E-state index in [4.69, 9.17) is 0 Å². The molecule has 0 saturated heterocycles. The van der Waals surface area contributed by atoms with Gasteiger partial charge in [-0.15, -0.1) is 0 Å². The summed E-state index contributed by atoms with van der Waals surface area (Å²) in [7, 11) is 0. The molecule has 0 bridgehead atoms. The molecular formula is C13H22O. The van der Waals surface area contributed by atoms with Crippen LogP contribution in [0.2, 0.25) is 0 Å². The molecule has 80 valence electrons. The van der Waals surface area contributed by atoms with Crippen LogP contribution in [-0.4, -0.2) is 10.7 Å². The third kappa shape index (κ3) is 2.03. The van der Waals surface area contributed by atoms with Crippen molar-refractivity contribution in [3.05, 3.63) is 12.2 Å².